The van der Waals surface area contributed by atoms with Crippen LogP contribution in [0.15, 0.2) is 12.4 Å². The summed E-state index contributed by atoms with van der Waals surface area (Å²) in [5, 5.41) is 6.41. The summed E-state index contributed by atoms with van der Waals surface area (Å²) in [7, 11) is 3.27. The van der Waals surface area contributed by atoms with Crippen molar-refractivity contribution in [3.8, 4) is 0 Å². The van der Waals surface area contributed by atoms with Crippen molar-refractivity contribution in [3.05, 3.63) is 18.0 Å². The molecule has 0 aliphatic carbocycles. The molecule has 0 aromatic carbocycles. The highest BCUT2D eigenvalue weighted by Gasteiger charge is 2.15. The largest absolute Gasteiger partial charge is 0.385 e. The quantitative estimate of drug-likeness (QED) is 0.674. The Morgan fingerprint density at radius 1 is 1.35 bits per heavy atom. The van der Waals surface area contributed by atoms with Crippen molar-refractivity contribution in [1.29, 1.82) is 0 Å². The van der Waals surface area contributed by atoms with Crippen molar-refractivity contribution >= 4 is 5.91 Å². The summed E-state index contributed by atoms with van der Waals surface area (Å²) in [6.45, 7) is 2.39. The van der Waals surface area contributed by atoms with Gasteiger partial charge in [0.15, 0.2) is 0 Å². The smallest absolute Gasteiger partial charge is 0.257 e. The molecule has 96 valence electrons. The van der Waals surface area contributed by atoms with Gasteiger partial charge in [-0.15, -0.1) is 0 Å². The standard InChI is InChI=1S/C11H19N3O3/c1-16-6-3-4-14(5-7-17-2)11(15)10-8-12-13-9-10/h8-9H,3-7H2,1-2H3,(H,12,13). The van der Waals surface area contributed by atoms with Gasteiger partial charge >= 0.3 is 0 Å². The molecule has 1 aromatic heterocycles. The monoisotopic (exact) mass is 241 g/mol. The first-order valence-electron chi connectivity index (χ1n) is 5.55. The first-order chi connectivity index (χ1) is 8.29. The molecule has 0 bridgehead atoms. The fraction of sp³-hybridized carbons (Fsp3) is 0.636. The van der Waals surface area contributed by atoms with Gasteiger partial charge in [-0.2, -0.15) is 5.10 Å². The van der Waals surface area contributed by atoms with Gasteiger partial charge in [0.1, 0.15) is 0 Å². The molecule has 0 atom stereocenters. The fourth-order valence-corrected chi connectivity index (χ4v) is 1.47. The molecule has 1 N–H and O–H groups in total. The van der Waals surface area contributed by atoms with E-state index in [1.54, 1.807) is 25.3 Å². The average Bonchev–Trinajstić information content (AvgIpc) is 2.86. The van der Waals surface area contributed by atoms with E-state index in [1.807, 2.05) is 0 Å². The Morgan fingerprint density at radius 2 is 2.12 bits per heavy atom. The molecule has 0 unspecified atom stereocenters. The predicted octanol–water partition coefficient (Wildman–Crippen LogP) is 0.535. The number of ether oxygens (including phenoxy) is 2. The molecule has 0 aliphatic rings. The van der Waals surface area contributed by atoms with Crippen LogP contribution in [-0.4, -0.2) is 61.5 Å². The van der Waals surface area contributed by atoms with Gasteiger partial charge in [-0.25, -0.2) is 0 Å². The van der Waals surface area contributed by atoms with Crippen LogP contribution in [0.5, 0.6) is 0 Å². The molecule has 1 rings (SSSR count). The Morgan fingerprint density at radius 3 is 2.71 bits per heavy atom. The molecule has 6 nitrogen and oxygen atoms in total. The third kappa shape index (κ3) is 4.54. The van der Waals surface area contributed by atoms with E-state index < -0.39 is 0 Å². The minimum absolute atomic E-state index is 0.0353. The van der Waals surface area contributed by atoms with Crippen LogP contribution in [0.4, 0.5) is 0 Å². The van der Waals surface area contributed by atoms with Gasteiger partial charge in [-0.1, -0.05) is 0 Å². The van der Waals surface area contributed by atoms with Crippen LogP contribution in [0.2, 0.25) is 0 Å². The molecule has 17 heavy (non-hydrogen) atoms. The lowest BCUT2D eigenvalue weighted by molar-refractivity contribution is 0.0674. The van der Waals surface area contributed by atoms with Crippen molar-refractivity contribution in [2.75, 3.05) is 40.5 Å². The second-order valence-corrected chi connectivity index (χ2v) is 3.62. The molecular formula is C11H19N3O3. The van der Waals surface area contributed by atoms with Gasteiger partial charge in [0.05, 0.1) is 18.4 Å². The number of methoxy groups -OCH3 is 2. The zero-order chi connectivity index (χ0) is 12.5. The Balaban J connectivity index is 2.52. The van der Waals surface area contributed by atoms with Gasteiger partial charge in [0, 0.05) is 40.1 Å². The molecule has 0 saturated heterocycles. The number of nitrogens with zero attached hydrogens (tertiary/aromatic N) is 2. The van der Waals surface area contributed by atoms with Crippen molar-refractivity contribution in [1.82, 2.24) is 15.1 Å². The molecule has 6 heteroatoms. The maximum absolute atomic E-state index is 12.1. The minimum Gasteiger partial charge on any atom is -0.385 e. The average molecular weight is 241 g/mol. The first-order valence-corrected chi connectivity index (χ1v) is 5.55. The van der Waals surface area contributed by atoms with Crippen molar-refractivity contribution in [2.45, 2.75) is 6.42 Å². The highest BCUT2D eigenvalue weighted by molar-refractivity contribution is 5.93. The number of hydrogen-bond donors (Lipinski definition) is 1. The van der Waals surface area contributed by atoms with Gasteiger partial charge in [0.2, 0.25) is 0 Å². The number of amides is 1. The van der Waals surface area contributed by atoms with E-state index in [9.17, 15) is 4.79 Å². The topological polar surface area (TPSA) is 67.5 Å². The van der Waals surface area contributed by atoms with E-state index >= 15 is 0 Å². The van der Waals surface area contributed by atoms with Crippen LogP contribution in [0.1, 0.15) is 16.8 Å². The number of carbonyl (C=O) groups excluding carboxylic acids is 1. The lowest BCUT2D eigenvalue weighted by Crippen LogP contribution is -2.35. The molecule has 0 aliphatic heterocycles. The van der Waals surface area contributed by atoms with E-state index in [4.69, 9.17) is 9.47 Å². The SMILES string of the molecule is COCCCN(CCOC)C(=O)c1cn[nH]c1. The highest BCUT2D eigenvalue weighted by atomic mass is 16.5. The molecular weight excluding hydrogens is 222 g/mol. The van der Waals surface area contributed by atoms with Crippen molar-refractivity contribution in [3.63, 3.8) is 0 Å². The zero-order valence-electron chi connectivity index (χ0n) is 10.3. The second kappa shape index (κ2) is 7.81. The third-order valence-electron chi connectivity index (χ3n) is 2.37. The lowest BCUT2D eigenvalue weighted by atomic mass is 10.3. The number of hydrogen-bond acceptors (Lipinski definition) is 4. The first kappa shape index (κ1) is 13.7. The van der Waals surface area contributed by atoms with E-state index in [1.165, 1.54) is 6.20 Å². The van der Waals surface area contributed by atoms with Gasteiger partial charge < -0.3 is 14.4 Å². The Labute approximate surface area is 101 Å². The number of rotatable bonds is 8. The van der Waals surface area contributed by atoms with Gasteiger partial charge in [-0.05, 0) is 6.42 Å². The summed E-state index contributed by atoms with van der Waals surface area (Å²) in [6, 6.07) is 0. The molecule has 1 aromatic rings. The van der Waals surface area contributed by atoms with E-state index in [-0.39, 0.29) is 5.91 Å². The van der Waals surface area contributed by atoms with Crippen LogP contribution in [0, 0.1) is 0 Å². The Hall–Kier alpha value is -1.40. The van der Waals surface area contributed by atoms with E-state index in [0.717, 1.165) is 6.42 Å². The molecule has 0 spiro atoms. The maximum Gasteiger partial charge on any atom is 0.257 e. The van der Waals surface area contributed by atoms with Crippen LogP contribution >= 0.6 is 0 Å². The Kier molecular flexibility index (Phi) is 6.27. The molecule has 1 amide bonds. The lowest BCUT2D eigenvalue weighted by Gasteiger charge is -2.21. The van der Waals surface area contributed by atoms with Crippen LogP contribution in [-0.2, 0) is 9.47 Å². The predicted molar refractivity (Wildman–Crippen MR) is 62.9 cm³/mol. The van der Waals surface area contributed by atoms with Gasteiger partial charge in [0.25, 0.3) is 5.91 Å². The van der Waals surface area contributed by atoms with Crippen molar-refractivity contribution < 1.29 is 14.3 Å². The summed E-state index contributed by atoms with van der Waals surface area (Å²) in [5.74, 6) is -0.0353. The zero-order valence-corrected chi connectivity index (χ0v) is 10.3. The second-order valence-electron chi connectivity index (χ2n) is 3.62. The molecule has 0 radical (unpaired) electrons. The minimum atomic E-state index is -0.0353. The number of aromatic amines is 1. The Bertz CT molecular complexity index is 314. The summed E-state index contributed by atoms with van der Waals surface area (Å²) in [6.07, 6.45) is 3.93. The van der Waals surface area contributed by atoms with Crippen LogP contribution < -0.4 is 0 Å². The fourth-order valence-electron chi connectivity index (χ4n) is 1.47. The highest BCUT2D eigenvalue weighted by Crippen LogP contribution is 2.03. The molecule has 1 heterocycles. The van der Waals surface area contributed by atoms with Gasteiger partial charge in [-0.3, -0.25) is 9.89 Å². The number of carbonyl (C=O) groups is 1. The van der Waals surface area contributed by atoms with Crippen LogP contribution in [0.25, 0.3) is 0 Å². The molecule has 0 fully saturated rings. The summed E-state index contributed by atoms with van der Waals surface area (Å²) >= 11 is 0. The van der Waals surface area contributed by atoms with Crippen LogP contribution in [0.3, 0.4) is 0 Å². The third-order valence-corrected chi connectivity index (χ3v) is 2.37. The summed E-state index contributed by atoms with van der Waals surface area (Å²) < 4.78 is 9.98. The normalized spacial score (nSPS) is 10.5. The number of nitrogens with one attached hydrogen (secondary N) is 1. The number of aromatic nitrogens is 2. The number of H-pyrrole nitrogens is 1. The summed E-state index contributed by atoms with van der Waals surface area (Å²) in [5.41, 5.74) is 0.568. The molecule has 0 saturated carbocycles. The maximum atomic E-state index is 12.1. The summed E-state index contributed by atoms with van der Waals surface area (Å²) in [4.78, 5) is 13.8. The van der Waals surface area contributed by atoms with E-state index in [0.29, 0.717) is 31.9 Å². The van der Waals surface area contributed by atoms with Crippen molar-refractivity contribution in [2.24, 2.45) is 0 Å². The van der Waals surface area contributed by atoms with E-state index in [2.05, 4.69) is 10.2 Å².